The van der Waals surface area contributed by atoms with Crippen LogP contribution in [0.1, 0.15) is 20.8 Å². The summed E-state index contributed by atoms with van der Waals surface area (Å²) < 4.78 is 18.5. The van der Waals surface area contributed by atoms with Crippen molar-refractivity contribution >= 4 is 33.5 Å². The predicted octanol–water partition coefficient (Wildman–Crippen LogP) is 3.02. The Morgan fingerprint density at radius 1 is 1.29 bits per heavy atom. The largest absolute Gasteiger partial charge is 0.465 e. The van der Waals surface area contributed by atoms with E-state index in [0.717, 1.165) is 13.2 Å². The van der Waals surface area contributed by atoms with Crippen LogP contribution in [0.2, 0.25) is 0 Å². The van der Waals surface area contributed by atoms with E-state index in [1.165, 1.54) is 18.2 Å². The second-order valence-corrected chi connectivity index (χ2v) is 4.80. The number of pyridine rings is 1. The van der Waals surface area contributed by atoms with Crippen molar-refractivity contribution in [1.29, 1.82) is 0 Å². The lowest BCUT2D eigenvalue weighted by Gasteiger charge is -2.07. The molecule has 0 aliphatic carbocycles. The molecule has 0 aliphatic heterocycles. The number of amides is 1. The first-order valence-corrected chi connectivity index (χ1v) is 6.62. The standard InChI is InChI=1S/C14H10BrFN2O3/c1-21-14(20)9-7-8(5-6-10(9)16)17-13(19)11-3-2-4-12(15)18-11/h2-7H,1H3,(H,17,19). The molecule has 0 fully saturated rings. The maximum Gasteiger partial charge on any atom is 0.340 e. The van der Waals surface area contributed by atoms with Crippen LogP contribution in [0.15, 0.2) is 41.0 Å². The number of carbonyl (C=O) groups excluding carboxylic acids is 2. The van der Waals surface area contributed by atoms with Gasteiger partial charge in [0.25, 0.3) is 5.91 Å². The lowest BCUT2D eigenvalue weighted by molar-refractivity contribution is 0.0595. The van der Waals surface area contributed by atoms with Crippen molar-refractivity contribution in [2.75, 3.05) is 12.4 Å². The van der Waals surface area contributed by atoms with Gasteiger partial charge in [-0.05, 0) is 46.3 Å². The number of anilines is 1. The quantitative estimate of drug-likeness (QED) is 0.680. The molecular formula is C14H10BrFN2O3. The third-order valence-corrected chi connectivity index (χ3v) is 3.02. The maximum absolute atomic E-state index is 13.5. The second kappa shape index (κ2) is 6.45. The van der Waals surface area contributed by atoms with Gasteiger partial charge >= 0.3 is 5.97 Å². The topological polar surface area (TPSA) is 68.3 Å². The summed E-state index contributed by atoms with van der Waals surface area (Å²) in [6, 6.07) is 8.51. The van der Waals surface area contributed by atoms with Crippen LogP contribution >= 0.6 is 15.9 Å². The number of nitrogens with zero attached hydrogens (tertiary/aromatic N) is 1. The molecule has 1 amide bonds. The number of rotatable bonds is 3. The van der Waals surface area contributed by atoms with Crippen molar-refractivity contribution in [3.05, 3.63) is 58.1 Å². The van der Waals surface area contributed by atoms with Gasteiger partial charge in [-0.2, -0.15) is 0 Å². The van der Waals surface area contributed by atoms with Crippen molar-refractivity contribution < 1.29 is 18.7 Å². The summed E-state index contributed by atoms with van der Waals surface area (Å²) in [6.45, 7) is 0. The van der Waals surface area contributed by atoms with Crippen LogP contribution in [-0.4, -0.2) is 24.0 Å². The van der Waals surface area contributed by atoms with Crippen molar-refractivity contribution in [3.8, 4) is 0 Å². The lowest BCUT2D eigenvalue weighted by atomic mass is 10.2. The summed E-state index contributed by atoms with van der Waals surface area (Å²) in [5.74, 6) is -2.01. The van der Waals surface area contributed by atoms with E-state index in [9.17, 15) is 14.0 Å². The number of hydrogen-bond donors (Lipinski definition) is 1. The molecule has 2 rings (SSSR count). The van der Waals surface area contributed by atoms with E-state index in [2.05, 4.69) is 31.0 Å². The Kier molecular flexibility index (Phi) is 4.64. The summed E-state index contributed by atoms with van der Waals surface area (Å²) in [6.07, 6.45) is 0. The third-order valence-electron chi connectivity index (χ3n) is 2.58. The molecule has 0 aliphatic rings. The van der Waals surface area contributed by atoms with Gasteiger partial charge in [0, 0.05) is 5.69 Å². The molecule has 0 bridgehead atoms. The molecule has 1 aromatic heterocycles. The monoisotopic (exact) mass is 352 g/mol. The van der Waals surface area contributed by atoms with E-state index >= 15 is 0 Å². The molecule has 108 valence electrons. The van der Waals surface area contributed by atoms with Gasteiger partial charge in [0.1, 0.15) is 16.1 Å². The molecular weight excluding hydrogens is 343 g/mol. The van der Waals surface area contributed by atoms with Gasteiger partial charge in [-0.25, -0.2) is 14.2 Å². The number of halogens is 2. The summed E-state index contributed by atoms with van der Waals surface area (Å²) in [5, 5.41) is 2.54. The Bertz CT molecular complexity index is 706. The van der Waals surface area contributed by atoms with Crippen LogP contribution in [0, 0.1) is 5.82 Å². The molecule has 1 aromatic carbocycles. The Labute approximate surface area is 128 Å². The minimum atomic E-state index is -0.816. The SMILES string of the molecule is COC(=O)c1cc(NC(=O)c2cccc(Br)n2)ccc1F. The molecule has 0 radical (unpaired) electrons. The second-order valence-electron chi connectivity index (χ2n) is 3.99. The van der Waals surface area contributed by atoms with Gasteiger partial charge in [-0.3, -0.25) is 4.79 Å². The first-order valence-electron chi connectivity index (χ1n) is 5.83. The van der Waals surface area contributed by atoms with Crippen LogP contribution < -0.4 is 5.32 Å². The minimum absolute atomic E-state index is 0.188. The number of benzene rings is 1. The molecule has 0 atom stereocenters. The number of methoxy groups -OCH3 is 1. The Balaban J connectivity index is 2.24. The first-order chi connectivity index (χ1) is 10.0. The van der Waals surface area contributed by atoms with Crippen LogP contribution in [0.4, 0.5) is 10.1 Å². The Hall–Kier alpha value is -2.28. The average Bonchev–Trinajstić information content (AvgIpc) is 2.48. The van der Waals surface area contributed by atoms with Gasteiger partial charge < -0.3 is 10.1 Å². The van der Waals surface area contributed by atoms with E-state index in [1.807, 2.05) is 0 Å². The van der Waals surface area contributed by atoms with Gasteiger partial charge in [-0.1, -0.05) is 6.07 Å². The smallest absolute Gasteiger partial charge is 0.340 e. The molecule has 1 N–H and O–H groups in total. The van der Waals surface area contributed by atoms with E-state index in [1.54, 1.807) is 12.1 Å². The molecule has 7 heteroatoms. The summed E-state index contributed by atoms with van der Waals surface area (Å²) in [5.41, 5.74) is 0.203. The summed E-state index contributed by atoms with van der Waals surface area (Å²) in [7, 11) is 1.15. The van der Waals surface area contributed by atoms with Crippen LogP contribution in [0.25, 0.3) is 0 Å². The third kappa shape index (κ3) is 3.63. The molecule has 5 nitrogen and oxygen atoms in total. The summed E-state index contributed by atoms with van der Waals surface area (Å²) in [4.78, 5) is 27.4. The van der Waals surface area contributed by atoms with Crippen molar-refractivity contribution in [2.45, 2.75) is 0 Å². The number of hydrogen-bond acceptors (Lipinski definition) is 4. The number of ether oxygens (including phenoxy) is 1. The Morgan fingerprint density at radius 2 is 2.05 bits per heavy atom. The fourth-order valence-corrected chi connectivity index (χ4v) is 1.94. The molecule has 0 saturated heterocycles. The highest BCUT2D eigenvalue weighted by molar-refractivity contribution is 9.10. The van der Waals surface area contributed by atoms with Crippen LogP contribution in [0.3, 0.4) is 0 Å². The van der Waals surface area contributed by atoms with E-state index in [4.69, 9.17) is 0 Å². The molecule has 2 aromatic rings. The molecule has 1 heterocycles. The van der Waals surface area contributed by atoms with Gasteiger partial charge in [-0.15, -0.1) is 0 Å². The van der Waals surface area contributed by atoms with Gasteiger partial charge in [0.05, 0.1) is 12.7 Å². The van der Waals surface area contributed by atoms with Crippen molar-refractivity contribution in [3.63, 3.8) is 0 Å². The van der Waals surface area contributed by atoms with E-state index in [0.29, 0.717) is 4.60 Å². The number of nitrogens with one attached hydrogen (secondary N) is 1. The first kappa shape index (κ1) is 15.1. The number of esters is 1. The number of carbonyl (C=O) groups is 2. The predicted molar refractivity (Wildman–Crippen MR) is 77.6 cm³/mol. The molecule has 21 heavy (non-hydrogen) atoms. The molecule has 0 spiro atoms. The molecule has 0 unspecified atom stereocenters. The zero-order valence-electron chi connectivity index (χ0n) is 10.9. The fraction of sp³-hybridized carbons (Fsp3) is 0.0714. The fourth-order valence-electron chi connectivity index (χ4n) is 1.60. The highest BCUT2D eigenvalue weighted by Crippen LogP contribution is 2.17. The van der Waals surface area contributed by atoms with Crippen molar-refractivity contribution in [1.82, 2.24) is 4.98 Å². The van der Waals surface area contributed by atoms with Crippen LogP contribution in [0.5, 0.6) is 0 Å². The maximum atomic E-state index is 13.5. The zero-order valence-corrected chi connectivity index (χ0v) is 12.5. The number of aromatic nitrogens is 1. The normalized spacial score (nSPS) is 10.0. The van der Waals surface area contributed by atoms with E-state index < -0.39 is 17.7 Å². The summed E-state index contributed by atoms with van der Waals surface area (Å²) >= 11 is 3.16. The highest BCUT2D eigenvalue weighted by Gasteiger charge is 2.14. The van der Waals surface area contributed by atoms with E-state index in [-0.39, 0.29) is 16.9 Å². The van der Waals surface area contributed by atoms with Crippen LogP contribution in [-0.2, 0) is 4.74 Å². The minimum Gasteiger partial charge on any atom is -0.465 e. The average molecular weight is 353 g/mol. The lowest BCUT2D eigenvalue weighted by Crippen LogP contribution is -2.14. The van der Waals surface area contributed by atoms with Gasteiger partial charge in [0.15, 0.2) is 0 Å². The van der Waals surface area contributed by atoms with Crippen molar-refractivity contribution in [2.24, 2.45) is 0 Å². The molecule has 0 saturated carbocycles. The highest BCUT2D eigenvalue weighted by atomic mass is 79.9. The zero-order chi connectivity index (χ0) is 15.4. The Morgan fingerprint density at radius 3 is 2.71 bits per heavy atom. The van der Waals surface area contributed by atoms with Gasteiger partial charge in [0.2, 0.25) is 0 Å².